The largest absolute Gasteiger partial charge is 0.496 e. The number of aromatic nitrogens is 1. The van der Waals surface area contributed by atoms with Crippen molar-refractivity contribution in [1.82, 2.24) is 10.3 Å². The maximum atomic E-state index is 12.6. The fourth-order valence-corrected chi connectivity index (χ4v) is 3.35. The number of anilines is 2. The number of carbonyl (C=O) groups excluding carboxylic acids is 1. The summed E-state index contributed by atoms with van der Waals surface area (Å²) >= 11 is 6.36. The molecule has 0 saturated heterocycles. The van der Waals surface area contributed by atoms with E-state index in [1.54, 1.807) is 19.4 Å². The Morgan fingerprint density at radius 1 is 1.14 bits per heavy atom. The van der Waals surface area contributed by atoms with Crippen LogP contribution >= 0.6 is 11.6 Å². The molecule has 0 atom stereocenters. The van der Waals surface area contributed by atoms with E-state index in [1.165, 1.54) is 6.20 Å². The van der Waals surface area contributed by atoms with Gasteiger partial charge in [0.15, 0.2) is 0 Å². The van der Waals surface area contributed by atoms with Crippen LogP contribution in [0.2, 0.25) is 5.02 Å². The van der Waals surface area contributed by atoms with Gasteiger partial charge in [0, 0.05) is 18.3 Å². The molecule has 28 heavy (non-hydrogen) atoms. The SMILES string of the molecule is COc1ccccc1CNC(=O)c1cncc(Nc2c(C)cc(C)cc2Cl)c1. The average molecular weight is 396 g/mol. The number of methoxy groups -OCH3 is 1. The molecule has 0 saturated carbocycles. The summed E-state index contributed by atoms with van der Waals surface area (Å²) in [4.78, 5) is 16.7. The third kappa shape index (κ3) is 4.61. The second kappa shape index (κ2) is 8.76. The molecule has 0 radical (unpaired) electrons. The van der Waals surface area contributed by atoms with Crippen LogP contribution in [-0.4, -0.2) is 18.0 Å². The number of pyridine rings is 1. The number of rotatable bonds is 6. The number of nitrogens with one attached hydrogen (secondary N) is 2. The van der Waals surface area contributed by atoms with Crippen molar-refractivity contribution in [3.8, 4) is 5.75 Å². The summed E-state index contributed by atoms with van der Waals surface area (Å²) in [6.07, 6.45) is 3.19. The van der Waals surface area contributed by atoms with Gasteiger partial charge < -0.3 is 15.4 Å². The van der Waals surface area contributed by atoms with Gasteiger partial charge in [-0.3, -0.25) is 9.78 Å². The first kappa shape index (κ1) is 19.7. The second-order valence-corrected chi connectivity index (χ2v) is 6.93. The summed E-state index contributed by atoms with van der Waals surface area (Å²) in [6.45, 7) is 4.35. The van der Waals surface area contributed by atoms with Crippen LogP contribution in [0, 0.1) is 13.8 Å². The van der Waals surface area contributed by atoms with E-state index < -0.39 is 0 Å². The molecule has 2 aromatic carbocycles. The second-order valence-electron chi connectivity index (χ2n) is 6.52. The van der Waals surface area contributed by atoms with Gasteiger partial charge >= 0.3 is 0 Å². The maximum absolute atomic E-state index is 12.6. The highest BCUT2D eigenvalue weighted by Crippen LogP contribution is 2.30. The molecule has 0 spiro atoms. The Hall–Kier alpha value is -3.05. The molecule has 6 heteroatoms. The minimum absolute atomic E-state index is 0.214. The lowest BCUT2D eigenvalue weighted by molar-refractivity contribution is 0.0950. The van der Waals surface area contributed by atoms with Crippen LogP contribution in [-0.2, 0) is 6.54 Å². The number of hydrogen-bond acceptors (Lipinski definition) is 4. The molecule has 0 aliphatic carbocycles. The molecular weight excluding hydrogens is 374 g/mol. The average Bonchev–Trinajstić information content (AvgIpc) is 2.69. The van der Waals surface area contributed by atoms with Gasteiger partial charge in [-0.1, -0.05) is 35.9 Å². The topological polar surface area (TPSA) is 63.2 Å². The van der Waals surface area contributed by atoms with Gasteiger partial charge in [0.2, 0.25) is 0 Å². The number of amides is 1. The van der Waals surface area contributed by atoms with Crippen LogP contribution in [0.15, 0.2) is 54.9 Å². The number of ether oxygens (including phenoxy) is 1. The number of benzene rings is 2. The van der Waals surface area contributed by atoms with Crippen LogP contribution in [0.1, 0.15) is 27.0 Å². The van der Waals surface area contributed by atoms with Crippen LogP contribution in [0.5, 0.6) is 5.75 Å². The number of carbonyl (C=O) groups is 1. The Bertz CT molecular complexity index is 982. The molecule has 0 unspecified atom stereocenters. The first-order chi connectivity index (χ1) is 13.5. The standard InChI is InChI=1S/C22H22ClN3O2/c1-14-8-15(2)21(19(23)9-14)26-18-10-17(11-24-13-18)22(27)25-12-16-6-4-5-7-20(16)28-3/h4-11,13,26H,12H2,1-3H3,(H,25,27). The Balaban J connectivity index is 1.73. The summed E-state index contributed by atoms with van der Waals surface area (Å²) in [7, 11) is 1.61. The summed E-state index contributed by atoms with van der Waals surface area (Å²) in [5.41, 5.74) is 4.98. The van der Waals surface area contributed by atoms with E-state index >= 15 is 0 Å². The molecule has 5 nitrogen and oxygen atoms in total. The molecule has 3 aromatic rings. The van der Waals surface area contributed by atoms with E-state index in [2.05, 4.69) is 15.6 Å². The highest BCUT2D eigenvalue weighted by Gasteiger charge is 2.11. The Morgan fingerprint density at radius 2 is 1.93 bits per heavy atom. The highest BCUT2D eigenvalue weighted by atomic mass is 35.5. The van der Waals surface area contributed by atoms with Crippen molar-refractivity contribution in [3.05, 3.63) is 82.1 Å². The van der Waals surface area contributed by atoms with Crippen molar-refractivity contribution in [2.45, 2.75) is 20.4 Å². The van der Waals surface area contributed by atoms with Gasteiger partial charge in [-0.05, 0) is 43.2 Å². The van der Waals surface area contributed by atoms with E-state index in [0.29, 0.717) is 22.8 Å². The Morgan fingerprint density at radius 3 is 2.68 bits per heavy atom. The molecular formula is C22H22ClN3O2. The zero-order valence-electron chi connectivity index (χ0n) is 16.0. The first-order valence-electron chi connectivity index (χ1n) is 8.87. The highest BCUT2D eigenvalue weighted by molar-refractivity contribution is 6.33. The number of aryl methyl sites for hydroxylation is 2. The summed E-state index contributed by atoms with van der Waals surface area (Å²) in [5, 5.41) is 6.79. The molecule has 0 bridgehead atoms. The lowest BCUT2D eigenvalue weighted by Crippen LogP contribution is -2.23. The van der Waals surface area contributed by atoms with Crippen molar-refractivity contribution < 1.29 is 9.53 Å². The predicted octanol–water partition coefficient (Wildman–Crippen LogP) is 5.03. The molecule has 0 aliphatic rings. The zero-order chi connectivity index (χ0) is 20.1. The number of hydrogen-bond donors (Lipinski definition) is 2. The molecule has 1 amide bonds. The van der Waals surface area contributed by atoms with Crippen LogP contribution < -0.4 is 15.4 Å². The molecule has 2 N–H and O–H groups in total. The van der Waals surface area contributed by atoms with Gasteiger partial charge in [0.25, 0.3) is 5.91 Å². The molecule has 3 rings (SSSR count). The van der Waals surface area contributed by atoms with E-state index in [-0.39, 0.29) is 5.91 Å². The van der Waals surface area contributed by atoms with Crippen molar-refractivity contribution >= 4 is 28.9 Å². The van der Waals surface area contributed by atoms with Crippen molar-refractivity contribution in [2.75, 3.05) is 12.4 Å². The third-order valence-electron chi connectivity index (χ3n) is 4.33. The van der Waals surface area contributed by atoms with E-state index in [4.69, 9.17) is 16.3 Å². The van der Waals surface area contributed by atoms with Gasteiger partial charge in [0.1, 0.15) is 5.75 Å². The molecule has 1 heterocycles. The maximum Gasteiger partial charge on any atom is 0.253 e. The Kier molecular flexibility index (Phi) is 6.16. The van der Waals surface area contributed by atoms with Gasteiger partial charge in [-0.2, -0.15) is 0 Å². The van der Waals surface area contributed by atoms with E-state index in [9.17, 15) is 4.79 Å². The normalized spacial score (nSPS) is 10.4. The molecule has 1 aromatic heterocycles. The van der Waals surface area contributed by atoms with Crippen LogP contribution in [0.3, 0.4) is 0 Å². The first-order valence-corrected chi connectivity index (χ1v) is 9.24. The third-order valence-corrected chi connectivity index (χ3v) is 4.63. The minimum Gasteiger partial charge on any atom is -0.496 e. The number of para-hydroxylation sites is 1. The summed E-state index contributed by atoms with van der Waals surface area (Å²) in [5.74, 6) is 0.523. The van der Waals surface area contributed by atoms with Crippen LogP contribution in [0.25, 0.3) is 0 Å². The van der Waals surface area contributed by atoms with Crippen molar-refractivity contribution in [1.29, 1.82) is 0 Å². The summed E-state index contributed by atoms with van der Waals surface area (Å²) in [6, 6.07) is 13.3. The molecule has 144 valence electrons. The van der Waals surface area contributed by atoms with Crippen molar-refractivity contribution in [2.24, 2.45) is 0 Å². The predicted molar refractivity (Wildman–Crippen MR) is 113 cm³/mol. The van der Waals surface area contributed by atoms with Gasteiger partial charge in [-0.15, -0.1) is 0 Å². The van der Waals surface area contributed by atoms with Gasteiger partial charge in [0.05, 0.1) is 35.3 Å². The fourth-order valence-electron chi connectivity index (χ4n) is 2.98. The summed E-state index contributed by atoms with van der Waals surface area (Å²) < 4.78 is 5.31. The van der Waals surface area contributed by atoms with E-state index in [0.717, 1.165) is 28.1 Å². The molecule has 0 aliphatic heterocycles. The smallest absolute Gasteiger partial charge is 0.253 e. The van der Waals surface area contributed by atoms with Crippen LogP contribution in [0.4, 0.5) is 11.4 Å². The monoisotopic (exact) mass is 395 g/mol. The Labute approximate surface area is 169 Å². The zero-order valence-corrected chi connectivity index (χ0v) is 16.8. The number of nitrogens with zero attached hydrogens (tertiary/aromatic N) is 1. The minimum atomic E-state index is -0.214. The molecule has 0 fully saturated rings. The fraction of sp³-hybridized carbons (Fsp3) is 0.182. The lowest BCUT2D eigenvalue weighted by Gasteiger charge is -2.13. The van der Waals surface area contributed by atoms with Gasteiger partial charge in [-0.25, -0.2) is 0 Å². The lowest BCUT2D eigenvalue weighted by atomic mass is 10.1. The number of halogens is 1. The quantitative estimate of drug-likeness (QED) is 0.614. The van der Waals surface area contributed by atoms with E-state index in [1.807, 2.05) is 50.2 Å². The van der Waals surface area contributed by atoms with Crippen molar-refractivity contribution in [3.63, 3.8) is 0 Å².